The predicted molar refractivity (Wildman–Crippen MR) is 160 cm³/mol. The van der Waals surface area contributed by atoms with E-state index in [0.29, 0.717) is 21.6 Å². The Kier molecular flexibility index (Phi) is 7.28. The van der Waals surface area contributed by atoms with Crippen LogP contribution in [0.2, 0.25) is 5.02 Å². The molecule has 39 heavy (non-hydrogen) atoms. The van der Waals surface area contributed by atoms with Gasteiger partial charge in [-0.15, -0.1) is 0 Å². The molecule has 11 heteroatoms. The van der Waals surface area contributed by atoms with E-state index in [1.165, 1.54) is 7.11 Å². The van der Waals surface area contributed by atoms with E-state index in [-0.39, 0.29) is 12.1 Å². The molecule has 0 aliphatic carbocycles. The second-order valence-electron chi connectivity index (χ2n) is 9.40. The van der Waals surface area contributed by atoms with Gasteiger partial charge in [0.2, 0.25) is 10.0 Å². The minimum absolute atomic E-state index is 0.244. The zero-order valence-corrected chi connectivity index (χ0v) is 24.2. The van der Waals surface area contributed by atoms with Crippen molar-refractivity contribution in [2.75, 3.05) is 23.0 Å². The number of aryl methyl sites for hydroxylation is 1. The van der Waals surface area contributed by atoms with Gasteiger partial charge in [-0.3, -0.25) is 9.71 Å². The van der Waals surface area contributed by atoms with Crippen LogP contribution in [0.5, 0.6) is 5.75 Å². The van der Waals surface area contributed by atoms with Gasteiger partial charge in [0.1, 0.15) is 5.75 Å². The number of sulfonamides is 1. The van der Waals surface area contributed by atoms with Gasteiger partial charge in [0, 0.05) is 40.0 Å². The third-order valence-electron chi connectivity index (χ3n) is 6.71. The standard InChI is InChI=1S/C28H28ClN5O3S2/c1-17-14-22(18(2)33(17)20-9-7-8-19(29)15-20)27-26(24-10-5-6-13-30-24)31-28(38)34(27)21-11-12-23(25(16-21)37-3)32-39(4,35)36/h5-16,26-27,32H,1-4H3,(H,31,38)/t26-,27-/m1/s1. The van der Waals surface area contributed by atoms with E-state index in [9.17, 15) is 8.42 Å². The van der Waals surface area contributed by atoms with Crippen molar-refractivity contribution in [1.82, 2.24) is 14.9 Å². The maximum atomic E-state index is 11.9. The van der Waals surface area contributed by atoms with Gasteiger partial charge < -0.3 is 19.5 Å². The summed E-state index contributed by atoms with van der Waals surface area (Å²) >= 11 is 12.2. The van der Waals surface area contributed by atoms with Gasteiger partial charge in [-0.05, 0) is 80.2 Å². The van der Waals surface area contributed by atoms with Gasteiger partial charge in [-0.1, -0.05) is 23.7 Å². The summed E-state index contributed by atoms with van der Waals surface area (Å²) in [5, 5.41) is 4.66. The molecule has 2 aromatic heterocycles. The first-order valence-electron chi connectivity index (χ1n) is 12.2. The number of benzene rings is 2. The summed E-state index contributed by atoms with van der Waals surface area (Å²) in [5.41, 5.74) is 6.07. The highest BCUT2D eigenvalue weighted by Crippen LogP contribution is 2.45. The first-order chi connectivity index (χ1) is 18.6. The van der Waals surface area contributed by atoms with Gasteiger partial charge in [0.05, 0.1) is 36.8 Å². The number of nitrogens with zero attached hydrogens (tertiary/aromatic N) is 3. The van der Waals surface area contributed by atoms with Crippen molar-refractivity contribution < 1.29 is 13.2 Å². The Morgan fingerprint density at radius 1 is 1.05 bits per heavy atom. The van der Waals surface area contributed by atoms with Crippen LogP contribution in [0.4, 0.5) is 11.4 Å². The zero-order chi connectivity index (χ0) is 27.9. The Bertz CT molecular complexity index is 1660. The van der Waals surface area contributed by atoms with E-state index in [0.717, 1.165) is 40.3 Å². The average Bonchev–Trinajstić information content (AvgIpc) is 3.38. The molecular weight excluding hydrogens is 554 g/mol. The highest BCUT2D eigenvalue weighted by molar-refractivity contribution is 7.92. The highest BCUT2D eigenvalue weighted by Gasteiger charge is 2.42. The van der Waals surface area contributed by atoms with Crippen molar-refractivity contribution in [3.8, 4) is 11.4 Å². The number of methoxy groups -OCH3 is 1. The molecule has 0 saturated carbocycles. The number of hydrogen-bond acceptors (Lipinski definition) is 5. The molecule has 1 fully saturated rings. The largest absolute Gasteiger partial charge is 0.494 e. The molecule has 0 spiro atoms. The van der Waals surface area contributed by atoms with E-state index >= 15 is 0 Å². The number of hydrogen-bond donors (Lipinski definition) is 2. The molecule has 5 rings (SSSR count). The molecule has 0 unspecified atom stereocenters. The van der Waals surface area contributed by atoms with Gasteiger partial charge in [-0.2, -0.15) is 0 Å². The first kappa shape index (κ1) is 27.0. The minimum Gasteiger partial charge on any atom is -0.494 e. The number of aromatic nitrogens is 2. The maximum absolute atomic E-state index is 11.9. The molecule has 2 atom stereocenters. The molecule has 1 saturated heterocycles. The van der Waals surface area contributed by atoms with Gasteiger partial charge in [0.15, 0.2) is 5.11 Å². The SMILES string of the molecule is COc1cc(N2C(=S)N[C@H](c3ccccn3)[C@H]2c2cc(C)n(-c3cccc(Cl)c3)c2C)ccc1NS(C)(=O)=O. The summed E-state index contributed by atoms with van der Waals surface area (Å²) in [4.78, 5) is 6.67. The molecule has 1 aliphatic rings. The van der Waals surface area contributed by atoms with E-state index < -0.39 is 10.0 Å². The molecule has 3 heterocycles. The number of pyridine rings is 1. The number of thiocarbonyl (C=S) groups is 1. The monoisotopic (exact) mass is 581 g/mol. The van der Waals surface area contributed by atoms with Crippen LogP contribution in [-0.2, 0) is 10.0 Å². The topological polar surface area (TPSA) is 88.5 Å². The lowest BCUT2D eigenvalue weighted by molar-refractivity contribution is 0.417. The second-order valence-corrected chi connectivity index (χ2v) is 12.0. The van der Waals surface area contributed by atoms with Crippen molar-refractivity contribution in [2.24, 2.45) is 0 Å². The number of halogens is 1. The first-order valence-corrected chi connectivity index (χ1v) is 14.9. The Morgan fingerprint density at radius 3 is 2.51 bits per heavy atom. The van der Waals surface area contributed by atoms with Crippen molar-refractivity contribution in [1.29, 1.82) is 0 Å². The number of rotatable bonds is 7. The van der Waals surface area contributed by atoms with Crippen LogP contribution in [0.1, 0.15) is 34.7 Å². The molecule has 2 aromatic carbocycles. The predicted octanol–water partition coefficient (Wildman–Crippen LogP) is 5.70. The highest BCUT2D eigenvalue weighted by atomic mass is 35.5. The van der Waals surface area contributed by atoms with Crippen molar-refractivity contribution in [2.45, 2.75) is 25.9 Å². The molecule has 0 bridgehead atoms. The van der Waals surface area contributed by atoms with Crippen LogP contribution < -0.4 is 19.7 Å². The summed E-state index contributed by atoms with van der Waals surface area (Å²) in [6, 6.07) is 20.5. The quantitative estimate of drug-likeness (QED) is 0.271. The van der Waals surface area contributed by atoms with Gasteiger partial charge in [0.25, 0.3) is 0 Å². The Morgan fingerprint density at radius 2 is 1.85 bits per heavy atom. The van der Waals surface area contributed by atoms with Crippen LogP contribution in [0, 0.1) is 13.8 Å². The summed E-state index contributed by atoms with van der Waals surface area (Å²) in [5.74, 6) is 0.380. The van der Waals surface area contributed by atoms with Crippen LogP contribution in [0.3, 0.4) is 0 Å². The third-order valence-corrected chi connectivity index (χ3v) is 7.85. The minimum atomic E-state index is -3.49. The lowest BCUT2D eigenvalue weighted by Crippen LogP contribution is -2.29. The maximum Gasteiger partial charge on any atom is 0.229 e. The van der Waals surface area contributed by atoms with Crippen molar-refractivity contribution in [3.05, 3.63) is 101 Å². The Labute approximate surface area is 238 Å². The van der Waals surface area contributed by atoms with Gasteiger partial charge in [-0.25, -0.2) is 8.42 Å². The van der Waals surface area contributed by atoms with Crippen LogP contribution in [-0.4, -0.2) is 36.4 Å². The molecule has 0 amide bonds. The van der Waals surface area contributed by atoms with Gasteiger partial charge >= 0.3 is 0 Å². The summed E-state index contributed by atoms with van der Waals surface area (Å²) in [6.07, 6.45) is 2.87. The fraction of sp³-hybridized carbons (Fsp3) is 0.214. The second kappa shape index (κ2) is 10.5. The third kappa shape index (κ3) is 5.32. The molecule has 202 valence electrons. The smallest absolute Gasteiger partial charge is 0.229 e. The fourth-order valence-electron chi connectivity index (χ4n) is 5.16. The summed E-state index contributed by atoms with van der Waals surface area (Å²) < 4.78 is 34.0. The normalized spacial score (nSPS) is 17.3. The summed E-state index contributed by atoms with van der Waals surface area (Å²) in [7, 11) is -1.99. The molecule has 4 aromatic rings. The number of ether oxygens (including phenoxy) is 1. The summed E-state index contributed by atoms with van der Waals surface area (Å²) in [6.45, 7) is 4.14. The number of nitrogens with one attached hydrogen (secondary N) is 2. The average molecular weight is 582 g/mol. The molecular formula is C28H28ClN5O3S2. The fourth-order valence-corrected chi connectivity index (χ4v) is 6.26. The van der Waals surface area contributed by atoms with E-state index in [1.54, 1.807) is 18.3 Å². The van der Waals surface area contributed by atoms with Crippen LogP contribution in [0.15, 0.2) is 72.9 Å². The van der Waals surface area contributed by atoms with Crippen LogP contribution in [0.25, 0.3) is 5.69 Å². The lowest BCUT2D eigenvalue weighted by Gasteiger charge is -2.29. The molecule has 8 nitrogen and oxygen atoms in total. The Hall–Kier alpha value is -3.60. The van der Waals surface area contributed by atoms with E-state index in [2.05, 4.69) is 39.5 Å². The zero-order valence-electron chi connectivity index (χ0n) is 21.8. The van der Waals surface area contributed by atoms with Crippen molar-refractivity contribution >= 4 is 50.3 Å². The van der Waals surface area contributed by atoms with Crippen LogP contribution >= 0.6 is 23.8 Å². The molecule has 2 N–H and O–H groups in total. The number of anilines is 2. The van der Waals surface area contributed by atoms with E-state index in [4.69, 9.17) is 28.6 Å². The molecule has 1 aliphatic heterocycles. The Balaban J connectivity index is 1.67. The van der Waals surface area contributed by atoms with E-state index in [1.807, 2.05) is 53.4 Å². The lowest BCUT2D eigenvalue weighted by atomic mass is 9.96. The van der Waals surface area contributed by atoms with Crippen molar-refractivity contribution in [3.63, 3.8) is 0 Å². The molecule has 0 radical (unpaired) electrons.